The molecule has 5 nitrogen and oxygen atoms in total. The molecule has 1 fully saturated rings. The van der Waals surface area contributed by atoms with E-state index in [1.54, 1.807) is 0 Å². The molecule has 4 rings (SSSR count). The Morgan fingerprint density at radius 3 is 2.79 bits per heavy atom. The molecule has 3 heterocycles. The molecule has 1 aromatic carbocycles. The summed E-state index contributed by atoms with van der Waals surface area (Å²) in [4.78, 5) is 14.5. The van der Waals surface area contributed by atoms with Crippen LogP contribution in [0.3, 0.4) is 0 Å². The Morgan fingerprint density at radius 2 is 1.96 bits per heavy atom. The Kier molecular flexibility index (Phi) is 3.72. The molecule has 0 aliphatic carbocycles. The van der Waals surface area contributed by atoms with E-state index in [0.29, 0.717) is 18.7 Å². The molecule has 0 radical (unpaired) electrons. The van der Waals surface area contributed by atoms with Gasteiger partial charge in [-0.1, -0.05) is 6.07 Å². The van der Waals surface area contributed by atoms with Crippen molar-refractivity contribution >= 4 is 11.6 Å². The van der Waals surface area contributed by atoms with Crippen LogP contribution >= 0.6 is 0 Å². The summed E-state index contributed by atoms with van der Waals surface area (Å²) in [5.74, 6) is 0.647. The van der Waals surface area contributed by atoms with E-state index in [2.05, 4.69) is 10.2 Å². The number of hydrogen-bond acceptors (Lipinski definition) is 3. The zero-order valence-electron chi connectivity index (χ0n) is 13.1. The summed E-state index contributed by atoms with van der Waals surface area (Å²) in [6.45, 7) is 1.31. The molecule has 0 unspecified atom stereocenters. The van der Waals surface area contributed by atoms with Crippen molar-refractivity contribution in [3.8, 4) is 0 Å². The van der Waals surface area contributed by atoms with Crippen LogP contribution in [0.25, 0.3) is 5.65 Å². The van der Waals surface area contributed by atoms with Gasteiger partial charge in [0.2, 0.25) is 0 Å². The Labute approximate surface area is 138 Å². The van der Waals surface area contributed by atoms with Crippen molar-refractivity contribution in [3.05, 3.63) is 65.9 Å². The molecule has 6 heteroatoms. The lowest BCUT2D eigenvalue weighted by Crippen LogP contribution is -2.39. The van der Waals surface area contributed by atoms with Gasteiger partial charge in [-0.25, -0.2) is 4.39 Å². The van der Waals surface area contributed by atoms with Crippen molar-refractivity contribution in [2.75, 3.05) is 13.1 Å². The first-order chi connectivity index (χ1) is 11.7. The van der Waals surface area contributed by atoms with Gasteiger partial charge in [-0.05, 0) is 49.2 Å². The van der Waals surface area contributed by atoms with Gasteiger partial charge in [0.25, 0.3) is 5.91 Å². The molecule has 1 aliphatic rings. The maximum atomic E-state index is 13.0. The van der Waals surface area contributed by atoms with Gasteiger partial charge in [-0.3, -0.25) is 9.20 Å². The molecule has 3 aromatic rings. The number of rotatable bonds is 2. The first-order valence-corrected chi connectivity index (χ1v) is 8.07. The van der Waals surface area contributed by atoms with Crippen LogP contribution in [0, 0.1) is 5.82 Å². The lowest BCUT2D eigenvalue weighted by molar-refractivity contribution is 0.0704. The molecule has 1 saturated heterocycles. The fourth-order valence-electron chi connectivity index (χ4n) is 3.29. The number of carbonyl (C=O) groups is 1. The molecular weight excluding hydrogens is 307 g/mol. The summed E-state index contributed by atoms with van der Waals surface area (Å²) in [6, 6.07) is 11.5. The minimum Gasteiger partial charge on any atom is -0.338 e. The van der Waals surface area contributed by atoms with Crippen molar-refractivity contribution in [2.24, 2.45) is 0 Å². The summed E-state index contributed by atoms with van der Waals surface area (Å²) in [7, 11) is 0. The fourth-order valence-corrected chi connectivity index (χ4v) is 3.29. The average molecular weight is 324 g/mol. The first-order valence-electron chi connectivity index (χ1n) is 8.07. The van der Waals surface area contributed by atoms with Crippen LogP contribution in [0.2, 0.25) is 0 Å². The highest BCUT2D eigenvalue weighted by Gasteiger charge is 2.28. The minimum atomic E-state index is -0.335. The number of nitrogens with zero attached hydrogens (tertiary/aromatic N) is 4. The number of likely N-dealkylation sites (tertiary alicyclic amines) is 1. The predicted molar refractivity (Wildman–Crippen MR) is 87.3 cm³/mol. The normalized spacial score (nSPS) is 18.0. The van der Waals surface area contributed by atoms with Gasteiger partial charge < -0.3 is 4.90 Å². The molecule has 2 aromatic heterocycles. The van der Waals surface area contributed by atoms with Crippen molar-refractivity contribution < 1.29 is 9.18 Å². The number of amides is 1. The molecular formula is C18H17FN4O. The van der Waals surface area contributed by atoms with Crippen molar-refractivity contribution in [1.29, 1.82) is 0 Å². The van der Waals surface area contributed by atoms with E-state index in [4.69, 9.17) is 0 Å². The third kappa shape index (κ3) is 2.64. The Balaban J connectivity index is 1.57. The number of fused-ring (bicyclic) bond motifs is 1. The highest BCUT2D eigenvalue weighted by molar-refractivity contribution is 5.94. The summed E-state index contributed by atoms with van der Waals surface area (Å²) in [5, 5.41) is 8.52. The fraction of sp³-hybridized carbons (Fsp3) is 0.278. The third-order valence-electron chi connectivity index (χ3n) is 4.51. The standard InChI is InChI=1S/C18H17FN4O/c19-15-8-6-13(7-9-15)18(24)22-10-3-4-14(12-22)17-21-20-16-5-1-2-11-23(16)17/h1-2,5-9,11,14H,3-4,10,12H2/t14-/m1/s1. The van der Waals surface area contributed by atoms with Gasteiger partial charge in [0, 0.05) is 30.8 Å². The third-order valence-corrected chi connectivity index (χ3v) is 4.51. The van der Waals surface area contributed by atoms with Gasteiger partial charge in [0.05, 0.1) is 0 Å². The SMILES string of the molecule is O=C(c1ccc(F)cc1)N1CCC[C@@H](c2nnc3ccccn23)C1. The maximum absolute atomic E-state index is 13.0. The van der Waals surface area contributed by atoms with Crippen molar-refractivity contribution in [2.45, 2.75) is 18.8 Å². The van der Waals surface area contributed by atoms with Crippen LogP contribution in [0.5, 0.6) is 0 Å². The molecule has 1 amide bonds. The van der Waals surface area contributed by atoms with Gasteiger partial charge in [-0.15, -0.1) is 10.2 Å². The number of halogens is 1. The zero-order chi connectivity index (χ0) is 16.5. The largest absolute Gasteiger partial charge is 0.338 e. The van der Waals surface area contributed by atoms with E-state index >= 15 is 0 Å². The Hall–Kier alpha value is -2.76. The van der Waals surface area contributed by atoms with Crippen LogP contribution < -0.4 is 0 Å². The summed E-state index contributed by atoms with van der Waals surface area (Å²) >= 11 is 0. The number of piperidine rings is 1. The quantitative estimate of drug-likeness (QED) is 0.728. The molecule has 0 spiro atoms. The van der Waals surface area contributed by atoms with Gasteiger partial charge in [-0.2, -0.15) is 0 Å². The highest BCUT2D eigenvalue weighted by atomic mass is 19.1. The topological polar surface area (TPSA) is 50.5 Å². The summed E-state index contributed by atoms with van der Waals surface area (Å²) in [6.07, 6.45) is 3.84. The summed E-state index contributed by atoms with van der Waals surface area (Å²) in [5.41, 5.74) is 1.33. The van der Waals surface area contributed by atoms with Crippen molar-refractivity contribution in [3.63, 3.8) is 0 Å². The number of benzene rings is 1. The number of hydrogen-bond donors (Lipinski definition) is 0. The molecule has 0 bridgehead atoms. The average Bonchev–Trinajstić information content (AvgIpc) is 3.06. The van der Waals surface area contributed by atoms with Crippen LogP contribution in [-0.4, -0.2) is 38.5 Å². The number of carbonyl (C=O) groups excluding carboxylic acids is 1. The highest BCUT2D eigenvalue weighted by Crippen LogP contribution is 2.27. The zero-order valence-corrected chi connectivity index (χ0v) is 13.1. The minimum absolute atomic E-state index is 0.0616. The smallest absolute Gasteiger partial charge is 0.253 e. The first kappa shape index (κ1) is 14.8. The second kappa shape index (κ2) is 6.03. The molecule has 0 saturated carbocycles. The second-order valence-electron chi connectivity index (χ2n) is 6.08. The van der Waals surface area contributed by atoms with Crippen LogP contribution in [0.4, 0.5) is 4.39 Å². The van der Waals surface area contributed by atoms with Gasteiger partial charge >= 0.3 is 0 Å². The van der Waals surface area contributed by atoms with Crippen molar-refractivity contribution in [1.82, 2.24) is 19.5 Å². The Morgan fingerprint density at radius 1 is 1.12 bits per heavy atom. The molecule has 1 atom stereocenters. The molecule has 1 aliphatic heterocycles. The monoisotopic (exact) mass is 324 g/mol. The lowest BCUT2D eigenvalue weighted by Gasteiger charge is -2.32. The van der Waals surface area contributed by atoms with E-state index in [1.807, 2.05) is 33.7 Å². The van der Waals surface area contributed by atoms with Crippen LogP contribution in [0.15, 0.2) is 48.7 Å². The van der Waals surface area contributed by atoms with E-state index in [0.717, 1.165) is 24.3 Å². The molecule has 0 N–H and O–H groups in total. The number of pyridine rings is 1. The van der Waals surface area contributed by atoms with Crippen LogP contribution in [-0.2, 0) is 0 Å². The van der Waals surface area contributed by atoms with E-state index in [1.165, 1.54) is 24.3 Å². The van der Waals surface area contributed by atoms with Gasteiger partial charge in [0.15, 0.2) is 5.65 Å². The number of aromatic nitrogens is 3. The predicted octanol–water partition coefficient (Wildman–Crippen LogP) is 2.89. The maximum Gasteiger partial charge on any atom is 0.253 e. The summed E-state index contributed by atoms with van der Waals surface area (Å²) < 4.78 is 15.0. The van der Waals surface area contributed by atoms with E-state index < -0.39 is 0 Å². The lowest BCUT2D eigenvalue weighted by atomic mass is 9.96. The second-order valence-corrected chi connectivity index (χ2v) is 6.08. The molecule has 24 heavy (non-hydrogen) atoms. The molecule has 122 valence electrons. The Bertz CT molecular complexity index is 874. The van der Waals surface area contributed by atoms with Crippen LogP contribution in [0.1, 0.15) is 34.9 Å². The van der Waals surface area contributed by atoms with E-state index in [-0.39, 0.29) is 17.6 Å². The van der Waals surface area contributed by atoms with E-state index in [9.17, 15) is 9.18 Å². The van der Waals surface area contributed by atoms with Gasteiger partial charge in [0.1, 0.15) is 11.6 Å².